The summed E-state index contributed by atoms with van der Waals surface area (Å²) in [5.41, 5.74) is 2.40. The topological polar surface area (TPSA) is 52.6 Å². The van der Waals surface area contributed by atoms with Gasteiger partial charge in [-0.15, -0.1) is 0 Å². The van der Waals surface area contributed by atoms with Gasteiger partial charge in [0.1, 0.15) is 11.6 Å². The van der Waals surface area contributed by atoms with Crippen molar-refractivity contribution in [2.24, 2.45) is 0 Å². The van der Waals surface area contributed by atoms with Gasteiger partial charge in [-0.05, 0) is 47.1 Å². The van der Waals surface area contributed by atoms with Gasteiger partial charge in [0.05, 0.1) is 0 Å². The van der Waals surface area contributed by atoms with Gasteiger partial charge in [0, 0.05) is 55.9 Å². The number of hydrogen-bond donors (Lipinski definition) is 0. The molecule has 0 N–H and O–H groups in total. The lowest BCUT2D eigenvalue weighted by molar-refractivity contribution is -0.130. The van der Waals surface area contributed by atoms with Gasteiger partial charge in [-0.25, -0.2) is 9.97 Å². The van der Waals surface area contributed by atoms with E-state index in [2.05, 4.69) is 42.6 Å². The third-order valence-electron chi connectivity index (χ3n) is 6.34. The second-order valence-electron chi connectivity index (χ2n) is 7.80. The zero-order valence-corrected chi connectivity index (χ0v) is 17.0. The van der Waals surface area contributed by atoms with Crippen LogP contribution in [-0.2, 0) is 11.2 Å². The Morgan fingerprint density at radius 1 is 1.08 bits per heavy atom. The Labute approximate surface area is 157 Å². The van der Waals surface area contributed by atoms with Gasteiger partial charge in [0.2, 0.25) is 5.91 Å². The molecule has 2 saturated heterocycles. The number of amides is 1. The second kappa shape index (κ2) is 7.51. The molecule has 2 fully saturated rings. The molecule has 1 spiro atoms. The number of likely N-dealkylation sites (N-methyl/N-ethyl adjacent to an activating group) is 1. The van der Waals surface area contributed by atoms with Crippen LogP contribution in [0.25, 0.3) is 0 Å². The molecular weight excluding hydrogens is 326 g/mol. The molecule has 3 rings (SSSR count). The normalized spacial score (nSPS) is 25.0. The van der Waals surface area contributed by atoms with Crippen molar-refractivity contribution < 1.29 is 4.79 Å². The first-order chi connectivity index (χ1) is 12.4. The molecule has 0 aromatic carbocycles. The first kappa shape index (κ1) is 19.1. The Morgan fingerprint density at radius 2 is 1.85 bits per heavy atom. The summed E-state index contributed by atoms with van der Waals surface area (Å²) in [6.45, 7) is 12.9. The van der Waals surface area contributed by atoms with E-state index in [0.29, 0.717) is 12.3 Å². The molecule has 1 amide bonds. The largest absolute Gasteiger partial charge is 0.353 e. The number of anilines is 1. The summed E-state index contributed by atoms with van der Waals surface area (Å²) in [7, 11) is 2.22. The number of rotatable bonds is 3. The third-order valence-corrected chi connectivity index (χ3v) is 6.34. The molecule has 3 heterocycles. The molecule has 0 unspecified atom stereocenters. The standard InChI is InChI=1S/C20H33N5O/c1-6-17-15(3)21-16(4)22-19(17)25-13-12-23(5)20(14-25)9-8-18(26)24(7-2)11-10-20/h6-14H2,1-5H3/t20-/m0/s1. The second-order valence-corrected chi connectivity index (χ2v) is 7.80. The van der Waals surface area contributed by atoms with Crippen LogP contribution in [0.5, 0.6) is 0 Å². The fraction of sp³-hybridized carbons (Fsp3) is 0.750. The molecule has 2 aliphatic heterocycles. The van der Waals surface area contributed by atoms with E-state index in [9.17, 15) is 4.79 Å². The molecule has 6 nitrogen and oxygen atoms in total. The summed E-state index contributed by atoms with van der Waals surface area (Å²) in [6.07, 6.45) is 3.56. The van der Waals surface area contributed by atoms with Crippen LogP contribution in [0, 0.1) is 13.8 Å². The van der Waals surface area contributed by atoms with Crippen molar-refractivity contribution in [2.75, 3.05) is 44.7 Å². The average Bonchev–Trinajstić information content (AvgIpc) is 2.77. The Hall–Kier alpha value is -1.69. The lowest BCUT2D eigenvalue weighted by atomic mass is 9.86. The van der Waals surface area contributed by atoms with Crippen molar-refractivity contribution in [2.45, 2.75) is 58.9 Å². The molecule has 26 heavy (non-hydrogen) atoms. The minimum absolute atomic E-state index is 0.0512. The predicted octanol–water partition coefficient (Wildman–Crippen LogP) is 2.18. The van der Waals surface area contributed by atoms with Crippen molar-refractivity contribution in [1.82, 2.24) is 19.8 Å². The van der Waals surface area contributed by atoms with E-state index in [-0.39, 0.29) is 5.54 Å². The molecule has 1 aromatic heterocycles. The SMILES string of the molecule is CCc1c(C)nc(C)nc1N1CCN(C)[C@]2(CCC(=O)N(CC)CC2)C1. The van der Waals surface area contributed by atoms with Crippen molar-refractivity contribution in [1.29, 1.82) is 0 Å². The van der Waals surface area contributed by atoms with E-state index in [1.54, 1.807) is 0 Å². The fourth-order valence-electron chi connectivity index (χ4n) is 4.60. The summed E-state index contributed by atoms with van der Waals surface area (Å²) < 4.78 is 0. The van der Waals surface area contributed by atoms with Crippen LogP contribution in [0.2, 0.25) is 0 Å². The van der Waals surface area contributed by atoms with Crippen molar-refractivity contribution in [3.63, 3.8) is 0 Å². The molecule has 0 bridgehead atoms. The summed E-state index contributed by atoms with van der Waals surface area (Å²) in [4.78, 5) is 28.7. The fourth-order valence-corrected chi connectivity index (χ4v) is 4.60. The zero-order valence-electron chi connectivity index (χ0n) is 17.0. The van der Waals surface area contributed by atoms with E-state index in [1.807, 2.05) is 11.8 Å². The summed E-state index contributed by atoms with van der Waals surface area (Å²) in [5.74, 6) is 2.25. The Bertz CT molecular complexity index is 676. The zero-order chi connectivity index (χ0) is 18.9. The third kappa shape index (κ3) is 3.43. The van der Waals surface area contributed by atoms with Crippen LogP contribution in [0.15, 0.2) is 0 Å². The van der Waals surface area contributed by atoms with Gasteiger partial charge in [-0.2, -0.15) is 0 Å². The first-order valence-corrected chi connectivity index (χ1v) is 9.98. The first-order valence-electron chi connectivity index (χ1n) is 9.98. The number of aromatic nitrogens is 2. The van der Waals surface area contributed by atoms with Crippen LogP contribution < -0.4 is 4.90 Å². The minimum Gasteiger partial charge on any atom is -0.353 e. The number of nitrogens with zero attached hydrogens (tertiary/aromatic N) is 5. The van der Waals surface area contributed by atoms with Crippen LogP contribution in [0.1, 0.15) is 50.2 Å². The number of hydrogen-bond acceptors (Lipinski definition) is 5. The summed E-state index contributed by atoms with van der Waals surface area (Å²) >= 11 is 0. The lowest BCUT2D eigenvalue weighted by Crippen LogP contribution is -2.61. The predicted molar refractivity (Wildman–Crippen MR) is 105 cm³/mol. The lowest BCUT2D eigenvalue weighted by Gasteiger charge is -2.50. The van der Waals surface area contributed by atoms with Crippen LogP contribution in [-0.4, -0.2) is 71.0 Å². The van der Waals surface area contributed by atoms with E-state index in [1.165, 1.54) is 5.56 Å². The van der Waals surface area contributed by atoms with Crippen LogP contribution >= 0.6 is 0 Å². The number of piperazine rings is 1. The van der Waals surface area contributed by atoms with Gasteiger partial charge in [0.15, 0.2) is 0 Å². The molecular formula is C20H33N5O. The maximum atomic E-state index is 12.4. The van der Waals surface area contributed by atoms with E-state index >= 15 is 0 Å². The number of likely N-dealkylation sites (tertiary alicyclic amines) is 1. The van der Waals surface area contributed by atoms with E-state index in [0.717, 1.165) is 69.3 Å². The highest BCUT2D eigenvalue weighted by Gasteiger charge is 2.42. The molecule has 144 valence electrons. The highest BCUT2D eigenvalue weighted by Crippen LogP contribution is 2.34. The molecule has 0 aliphatic carbocycles. The van der Waals surface area contributed by atoms with Crippen molar-refractivity contribution in [3.05, 3.63) is 17.1 Å². The van der Waals surface area contributed by atoms with E-state index in [4.69, 9.17) is 4.98 Å². The van der Waals surface area contributed by atoms with Crippen molar-refractivity contribution in [3.8, 4) is 0 Å². The van der Waals surface area contributed by atoms with Crippen LogP contribution in [0.4, 0.5) is 5.82 Å². The average molecular weight is 360 g/mol. The van der Waals surface area contributed by atoms with Crippen molar-refractivity contribution >= 4 is 11.7 Å². The Kier molecular flexibility index (Phi) is 5.51. The quantitative estimate of drug-likeness (QED) is 0.828. The molecule has 1 atom stereocenters. The maximum Gasteiger partial charge on any atom is 0.222 e. The van der Waals surface area contributed by atoms with Gasteiger partial charge in [0.25, 0.3) is 0 Å². The highest BCUT2D eigenvalue weighted by atomic mass is 16.2. The number of carbonyl (C=O) groups excluding carboxylic acids is 1. The summed E-state index contributed by atoms with van der Waals surface area (Å²) in [6, 6.07) is 0. The molecule has 2 aliphatic rings. The maximum absolute atomic E-state index is 12.4. The Morgan fingerprint density at radius 3 is 2.54 bits per heavy atom. The number of carbonyl (C=O) groups is 1. The molecule has 6 heteroatoms. The van der Waals surface area contributed by atoms with Gasteiger partial charge in [-0.3, -0.25) is 9.69 Å². The molecule has 0 saturated carbocycles. The highest BCUT2D eigenvalue weighted by molar-refractivity contribution is 5.76. The molecule has 0 radical (unpaired) electrons. The Balaban J connectivity index is 1.90. The van der Waals surface area contributed by atoms with Gasteiger partial charge < -0.3 is 9.80 Å². The van der Waals surface area contributed by atoms with Gasteiger partial charge >= 0.3 is 0 Å². The number of aryl methyl sites for hydroxylation is 2. The van der Waals surface area contributed by atoms with Gasteiger partial charge in [-0.1, -0.05) is 6.92 Å². The minimum atomic E-state index is 0.0512. The van der Waals surface area contributed by atoms with Crippen LogP contribution in [0.3, 0.4) is 0 Å². The monoisotopic (exact) mass is 359 g/mol. The molecule has 1 aromatic rings. The summed E-state index contributed by atoms with van der Waals surface area (Å²) in [5, 5.41) is 0. The van der Waals surface area contributed by atoms with E-state index < -0.39 is 0 Å². The smallest absolute Gasteiger partial charge is 0.222 e.